The van der Waals surface area contributed by atoms with Crippen molar-refractivity contribution in [1.82, 2.24) is 4.90 Å². The second-order valence-electron chi connectivity index (χ2n) is 5.88. The van der Waals surface area contributed by atoms with Crippen LogP contribution in [0.25, 0.3) is 0 Å². The Morgan fingerprint density at radius 1 is 1.36 bits per heavy atom. The van der Waals surface area contributed by atoms with Crippen molar-refractivity contribution in [3.05, 3.63) is 29.8 Å². The van der Waals surface area contributed by atoms with Crippen molar-refractivity contribution < 1.29 is 23.1 Å². The van der Waals surface area contributed by atoms with Gasteiger partial charge in [-0.1, -0.05) is 12.1 Å². The molecule has 122 valence electrons. The van der Waals surface area contributed by atoms with Crippen molar-refractivity contribution in [3.63, 3.8) is 0 Å². The average molecular weight is 315 g/mol. The topological polar surface area (TPSA) is 40.5 Å². The Labute approximate surface area is 127 Å². The highest BCUT2D eigenvalue weighted by Gasteiger charge is 2.44. The quantitative estimate of drug-likeness (QED) is 0.927. The summed E-state index contributed by atoms with van der Waals surface area (Å²) in [5, 5.41) is 9.37. The summed E-state index contributed by atoms with van der Waals surface area (Å²) in [5.74, 6) is -1.56. The van der Waals surface area contributed by atoms with Gasteiger partial charge in [0, 0.05) is 19.0 Å². The molecule has 3 nitrogen and oxygen atoms in total. The van der Waals surface area contributed by atoms with Gasteiger partial charge in [-0.3, -0.25) is 4.79 Å². The first kappa shape index (κ1) is 16.6. The molecule has 1 amide bonds. The fourth-order valence-corrected chi connectivity index (χ4v) is 2.83. The van der Waals surface area contributed by atoms with Crippen LogP contribution in [0.5, 0.6) is 5.75 Å². The molecule has 1 fully saturated rings. The molecule has 1 heterocycles. The number of rotatable bonds is 3. The molecule has 0 bridgehead atoms. The van der Waals surface area contributed by atoms with E-state index in [1.807, 2.05) is 0 Å². The number of aryl methyl sites for hydroxylation is 1. The number of benzene rings is 1. The second-order valence-corrected chi connectivity index (χ2v) is 5.88. The summed E-state index contributed by atoms with van der Waals surface area (Å²) in [7, 11) is 0. The molecular formula is C16H20F3NO2. The first-order valence-corrected chi connectivity index (χ1v) is 7.41. The van der Waals surface area contributed by atoms with Crippen LogP contribution in [-0.4, -0.2) is 34.7 Å². The molecule has 1 N–H and O–H groups in total. The zero-order valence-electron chi connectivity index (χ0n) is 12.4. The van der Waals surface area contributed by atoms with E-state index in [0.29, 0.717) is 12.8 Å². The van der Waals surface area contributed by atoms with Crippen LogP contribution in [0.1, 0.15) is 31.7 Å². The summed E-state index contributed by atoms with van der Waals surface area (Å²) in [6.07, 6.45) is -3.22. The Bertz CT molecular complexity index is 530. The van der Waals surface area contributed by atoms with Gasteiger partial charge in [-0.15, -0.1) is 0 Å². The molecule has 0 spiro atoms. The lowest BCUT2D eigenvalue weighted by atomic mass is 9.92. The average Bonchev–Trinajstić information content (AvgIpc) is 2.44. The predicted octanol–water partition coefficient (Wildman–Crippen LogP) is 3.51. The van der Waals surface area contributed by atoms with Gasteiger partial charge in [0.25, 0.3) is 0 Å². The Morgan fingerprint density at radius 3 is 2.73 bits per heavy atom. The molecular weight excluding hydrogens is 295 g/mol. The Hall–Kier alpha value is -1.72. The van der Waals surface area contributed by atoms with E-state index in [9.17, 15) is 23.1 Å². The van der Waals surface area contributed by atoms with Crippen molar-refractivity contribution >= 4 is 5.91 Å². The van der Waals surface area contributed by atoms with E-state index in [1.54, 1.807) is 25.1 Å². The summed E-state index contributed by atoms with van der Waals surface area (Å²) in [6.45, 7) is 1.54. The maximum absolute atomic E-state index is 12.8. The lowest BCUT2D eigenvalue weighted by Crippen LogP contribution is -2.49. The SMILES string of the molecule is CC1CCC(C(F)(F)F)CN1C(=O)CCc1cccc(O)c1. The van der Waals surface area contributed by atoms with Crippen molar-refractivity contribution in [2.24, 2.45) is 5.92 Å². The maximum atomic E-state index is 12.8. The van der Waals surface area contributed by atoms with E-state index in [0.717, 1.165) is 5.56 Å². The zero-order chi connectivity index (χ0) is 16.3. The van der Waals surface area contributed by atoms with Gasteiger partial charge in [0.15, 0.2) is 0 Å². The van der Waals surface area contributed by atoms with Gasteiger partial charge in [-0.25, -0.2) is 0 Å². The minimum Gasteiger partial charge on any atom is -0.508 e. The van der Waals surface area contributed by atoms with E-state index in [4.69, 9.17) is 0 Å². The highest BCUT2D eigenvalue weighted by Crippen LogP contribution is 2.35. The third-order valence-electron chi connectivity index (χ3n) is 4.20. The first-order chi connectivity index (χ1) is 10.3. The number of nitrogens with zero attached hydrogens (tertiary/aromatic N) is 1. The number of hydrogen-bond donors (Lipinski definition) is 1. The summed E-state index contributed by atoms with van der Waals surface area (Å²) in [6, 6.07) is 6.40. The number of piperidine rings is 1. The van der Waals surface area contributed by atoms with Crippen LogP contribution in [0.15, 0.2) is 24.3 Å². The van der Waals surface area contributed by atoms with Gasteiger partial charge in [0.05, 0.1) is 5.92 Å². The first-order valence-electron chi connectivity index (χ1n) is 7.41. The number of phenolic OH excluding ortho intramolecular Hbond substituents is 1. The molecule has 1 aromatic rings. The van der Waals surface area contributed by atoms with E-state index < -0.39 is 12.1 Å². The normalized spacial score (nSPS) is 22.6. The molecule has 2 rings (SSSR count). The van der Waals surface area contributed by atoms with Gasteiger partial charge in [0.2, 0.25) is 5.91 Å². The Kier molecular flexibility index (Phi) is 4.98. The Morgan fingerprint density at radius 2 is 2.09 bits per heavy atom. The molecule has 1 aromatic carbocycles. The van der Waals surface area contributed by atoms with E-state index in [-0.39, 0.29) is 37.1 Å². The molecule has 1 saturated heterocycles. The van der Waals surface area contributed by atoms with Crippen LogP contribution in [0, 0.1) is 5.92 Å². The highest BCUT2D eigenvalue weighted by atomic mass is 19.4. The fourth-order valence-electron chi connectivity index (χ4n) is 2.83. The van der Waals surface area contributed by atoms with Gasteiger partial charge in [-0.05, 0) is 43.9 Å². The van der Waals surface area contributed by atoms with E-state index >= 15 is 0 Å². The minimum absolute atomic E-state index is 0.0843. The van der Waals surface area contributed by atoms with Crippen molar-refractivity contribution in [2.45, 2.75) is 44.8 Å². The third kappa shape index (κ3) is 4.15. The lowest BCUT2D eigenvalue weighted by Gasteiger charge is -2.38. The number of halogens is 3. The number of carbonyl (C=O) groups is 1. The molecule has 0 radical (unpaired) electrons. The van der Waals surface area contributed by atoms with Crippen LogP contribution >= 0.6 is 0 Å². The maximum Gasteiger partial charge on any atom is 0.393 e. The van der Waals surface area contributed by atoms with Gasteiger partial charge < -0.3 is 10.0 Å². The minimum atomic E-state index is -4.25. The van der Waals surface area contributed by atoms with Crippen LogP contribution < -0.4 is 0 Å². The fraction of sp³-hybridized carbons (Fsp3) is 0.562. The monoisotopic (exact) mass is 315 g/mol. The highest BCUT2D eigenvalue weighted by molar-refractivity contribution is 5.77. The third-order valence-corrected chi connectivity index (χ3v) is 4.20. The van der Waals surface area contributed by atoms with E-state index in [1.165, 1.54) is 11.0 Å². The van der Waals surface area contributed by atoms with Gasteiger partial charge in [0.1, 0.15) is 5.75 Å². The number of amides is 1. The molecule has 0 aliphatic carbocycles. The second kappa shape index (κ2) is 6.58. The van der Waals surface area contributed by atoms with Crippen LogP contribution in [0.2, 0.25) is 0 Å². The van der Waals surface area contributed by atoms with Crippen LogP contribution in [-0.2, 0) is 11.2 Å². The number of alkyl halides is 3. The largest absolute Gasteiger partial charge is 0.508 e. The number of carbonyl (C=O) groups excluding carboxylic acids is 1. The summed E-state index contributed by atoms with van der Waals surface area (Å²) in [5.41, 5.74) is 0.797. The molecule has 0 aromatic heterocycles. The van der Waals surface area contributed by atoms with Gasteiger partial charge >= 0.3 is 6.18 Å². The van der Waals surface area contributed by atoms with Crippen LogP contribution in [0.3, 0.4) is 0 Å². The van der Waals surface area contributed by atoms with Gasteiger partial charge in [-0.2, -0.15) is 13.2 Å². The van der Waals surface area contributed by atoms with E-state index in [2.05, 4.69) is 0 Å². The molecule has 6 heteroatoms. The van der Waals surface area contributed by atoms with Crippen LogP contribution in [0.4, 0.5) is 13.2 Å². The summed E-state index contributed by atoms with van der Waals surface area (Å²) >= 11 is 0. The number of aromatic hydroxyl groups is 1. The lowest BCUT2D eigenvalue weighted by molar-refractivity contribution is -0.191. The smallest absolute Gasteiger partial charge is 0.393 e. The number of likely N-dealkylation sites (tertiary alicyclic amines) is 1. The zero-order valence-corrected chi connectivity index (χ0v) is 12.4. The number of phenols is 1. The van der Waals surface area contributed by atoms with Crippen molar-refractivity contribution in [2.75, 3.05) is 6.54 Å². The predicted molar refractivity (Wildman–Crippen MR) is 76.4 cm³/mol. The standard InChI is InChI=1S/C16H20F3NO2/c1-11-5-7-13(16(17,18)19)10-20(11)15(22)8-6-12-3-2-4-14(21)9-12/h2-4,9,11,13,21H,5-8,10H2,1H3. The van der Waals surface area contributed by atoms with Crippen molar-refractivity contribution in [1.29, 1.82) is 0 Å². The number of hydrogen-bond acceptors (Lipinski definition) is 2. The van der Waals surface area contributed by atoms with Crippen molar-refractivity contribution in [3.8, 4) is 5.75 Å². The molecule has 1 aliphatic heterocycles. The summed E-state index contributed by atoms with van der Waals surface area (Å²) < 4.78 is 38.5. The summed E-state index contributed by atoms with van der Waals surface area (Å²) in [4.78, 5) is 13.6. The Balaban J connectivity index is 1.95. The molecule has 2 atom stereocenters. The molecule has 2 unspecified atom stereocenters. The molecule has 22 heavy (non-hydrogen) atoms. The molecule has 0 saturated carbocycles. The molecule has 1 aliphatic rings.